The predicted octanol–water partition coefficient (Wildman–Crippen LogP) is 4.11. The third-order valence-electron chi connectivity index (χ3n) is 5.43. The molecular weight excluding hydrogens is 337 g/mol. The van der Waals surface area contributed by atoms with E-state index in [1.807, 2.05) is 22.4 Å². The van der Waals surface area contributed by atoms with Crippen molar-refractivity contribution < 1.29 is 14.3 Å². The Morgan fingerprint density at radius 1 is 1.32 bits per heavy atom. The number of rotatable bonds is 5. The molecule has 0 spiro atoms. The summed E-state index contributed by atoms with van der Waals surface area (Å²) in [6, 6.07) is 10.5. The van der Waals surface area contributed by atoms with E-state index in [0.29, 0.717) is 6.42 Å². The number of likely N-dealkylation sites (tertiary alicyclic amines) is 1. The first-order valence-electron chi connectivity index (χ1n) is 8.91. The van der Waals surface area contributed by atoms with Gasteiger partial charge in [-0.15, -0.1) is 11.3 Å². The van der Waals surface area contributed by atoms with Crippen LogP contribution in [0.5, 0.6) is 0 Å². The summed E-state index contributed by atoms with van der Waals surface area (Å²) in [4.78, 5) is 15.9. The molecule has 25 heavy (non-hydrogen) atoms. The summed E-state index contributed by atoms with van der Waals surface area (Å²) in [5.41, 5.74) is 1.05. The highest BCUT2D eigenvalue weighted by molar-refractivity contribution is 7.10. The number of thiophene rings is 1. The minimum atomic E-state index is -0.495. The fourth-order valence-corrected chi connectivity index (χ4v) is 4.71. The Kier molecular flexibility index (Phi) is 4.61. The fraction of sp³-hybridized carbons (Fsp3) is 0.450. The topological polar surface area (TPSA) is 40.5 Å². The van der Waals surface area contributed by atoms with Crippen LogP contribution in [-0.2, 0) is 4.79 Å². The molecule has 0 unspecified atom stereocenters. The van der Waals surface area contributed by atoms with Gasteiger partial charge in [0.15, 0.2) is 0 Å². The van der Waals surface area contributed by atoms with Crippen molar-refractivity contribution in [1.29, 1.82) is 0 Å². The maximum Gasteiger partial charge on any atom is 0.226 e. The predicted molar refractivity (Wildman–Crippen MR) is 95.9 cm³/mol. The summed E-state index contributed by atoms with van der Waals surface area (Å²) in [5.74, 6) is 0.200. The highest BCUT2D eigenvalue weighted by Gasteiger charge is 2.47. The maximum atomic E-state index is 13.1. The lowest BCUT2D eigenvalue weighted by Crippen LogP contribution is -2.37. The van der Waals surface area contributed by atoms with Crippen molar-refractivity contribution in [1.82, 2.24) is 4.90 Å². The number of hydrogen-bond donors (Lipinski definition) is 1. The van der Waals surface area contributed by atoms with Gasteiger partial charge in [0.1, 0.15) is 5.82 Å². The van der Waals surface area contributed by atoms with Crippen molar-refractivity contribution in [2.24, 2.45) is 5.92 Å². The highest BCUT2D eigenvalue weighted by atomic mass is 32.1. The molecule has 1 N–H and O–H groups in total. The van der Waals surface area contributed by atoms with Crippen LogP contribution in [-0.4, -0.2) is 28.5 Å². The highest BCUT2D eigenvalue weighted by Crippen LogP contribution is 2.49. The van der Waals surface area contributed by atoms with Gasteiger partial charge in [-0.25, -0.2) is 4.39 Å². The molecule has 2 aromatic rings. The van der Waals surface area contributed by atoms with Crippen LogP contribution in [0.2, 0.25) is 0 Å². The van der Waals surface area contributed by atoms with E-state index in [1.165, 1.54) is 12.1 Å². The van der Waals surface area contributed by atoms with E-state index in [1.54, 1.807) is 23.5 Å². The van der Waals surface area contributed by atoms with Gasteiger partial charge in [-0.1, -0.05) is 18.2 Å². The normalized spacial score (nSPS) is 26.6. The molecule has 0 bridgehead atoms. The lowest BCUT2D eigenvalue weighted by atomic mass is 10.0. The maximum absolute atomic E-state index is 13.1. The van der Waals surface area contributed by atoms with Crippen LogP contribution in [0.15, 0.2) is 41.8 Å². The van der Waals surface area contributed by atoms with E-state index in [0.717, 1.165) is 36.2 Å². The van der Waals surface area contributed by atoms with E-state index in [2.05, 4.69) is 0 Å². The van der Waals surface area contributed by atoms with E-state index >= 15 is 0 Å². The number of nitrogens with zero attached hydrogens (tertiary/aromatic N) is 1. The van der Waals surface area contributed by atoms with Gasteiger partial charge in [0.25, 0.3) is 0 Å². The molecule has 1 aliphatic heterocycles. The van der Waals surface area contributed by atoms with E-state index < -0.39 is 6.10 Å². The second-order valence-corrected chi connectivity index (χ2v) is 8.07. The third kappa shape index (κ3) is 3.48. The first kappa shape index (κ1) is 16.7. The summed E-state index contributed by atoms with van der Waals surface area (Å²) in [6.45, 7) is 0.785. The number of carbonyl (C=O) groups excluding carboxylic acids is 1. The molecule has 4 atom stereocenters. The van der Waals surface area contributed by atoms with E-state index in [-0.39, 0.29) is 29.6 Å². The standard InChI is InChI=1S/C20H22FNO2S/c21-14-7-5-13(6-8-14)16-12-17(16)20(24)22-9-1-3-15(22)11-18(23)19-4-2-10-25-19/h2,4-8,10,15-18,23H,1,3,9,11-12H2/t15-,16+,17+,18-/m0/s1. The summed E-state index contributed by atoms with van der Waals surface area (Å²) in [6.07, 6.45) is 2.93. The quantitative estimate of drug-likeness (QED) is 0.873. The Morgan fingerprint density at radius 2 is 2.12 bits per heavy atom. The van der Waals surface area contributed by atoms with Gasteiger partial charge in [-0.2, -0.15) is 0 Å². The molecule has 1 saturated carbocycles. The van der Waals surface area contributed by atoms with Crippen LogP contribution in [0.1, 0.15) is 48.1 Å². The van der Waals surface area contributed by atoms with E-state index in [9.17, 15) is 14.3 Å². The number of carbonyl (C=O) groups is 1. The molecule has 4 rings (SSSR count). The lowest BCUT2D eigenvalue weighted by Gasteiger charge is -2.26. The Hall–Kier alpha value is -1.72. The smallest absolute Gasteiger partial charge is 0.226 e. The van der Waals surface area contributed by atoms with Gasteiger partial charge < -0.3 is 10.0 Å². The second kappa shape index (κ2) is 6.89. The molecule has 1 aromatic heterocycles. The average molecular weight is 359 g/mol. The summed E-state index contributed by atoms with van der Waals surface area (Å²) >= 11 is 1.56. The lowest BCUT2D eigenvalue weighted by molar-refractivity contribution is -0.134. The number of aliphatic hydroxyl groups is 1. The Balaban J connectivity index is 1.39. The van der Waals surface area contributed by atoms with Gasteiger partial charge in [0.05, 0.1) is 6.10 Å². The zero-order valence-corrected chi connectivity index (χ0v) is 14.8. The molecule has 0 radical (unpaired) electrons. The molecule has 1 aliphatic carbocycles. The zero-order chi connectivity index (χ0) is 17.4. The van der Waals surface area contributed by atoms with Crippen molar-refractivity contribution in [2.75, 3.05) is 6.54 Å². The first-order valence-corrected chi connectivity index (χ1v) is 9.79. The molecular formula is C20H22FNO2S. The van der Waals surface area contributed by atoms with Crippen molar-refractivity contribution in [3.63, 3.8) is 0 Å². The number of aliphatic hydroxyl groups excluding tert-OH is 1. The molecule has 1 saturated heterocycles. The molecule has 5 heteroatoms. The van der Waals surface area contributed by atoms with Crippen molar-refractivity contribution in [2.45, 2.75) is 43.7 Å². The largest absolute Gasteiger partial charge is 0.387 e. The van der Waals surface area contributed by atoms with Gasteiger partial charge in [0.2, 0.25) is 5.91 Å². The van der Waals surface area contributed by atoms with Crippen LogP contribution < -0.4 is 0 Å². The minimum absolute atomic E-state index is 0.0185. The molecule has 2 heterocycles. The average Bonchev–Trinajstić information content (AvgIpc) is 3.00. The Bertz CT molecular complexity index is 731. The second-order valence-electron chi connectivity index (χ2n) is 7.09. The Labute approximate surface area is 151 Å². The third-order valence-corrected chi connectivity index (χ3v) is 6.41. The summed E-state index contributed by atoms with van der Waals surface area (Å²) in [5, 5.41) is 12.4. The van der Waals surface area contributed by atoms with Crippen molar-refractivity contribution in [3.05, 3.63) is 58.0 Å². The van der Waals surface area contributed by atoms with Crippen LogP contribution in [0.4, 0.5) is 4.39 Å². The SMILES string of the molecule is O=C([C@@H]1C[C@@H]1c1ccc(F)cc1)N1CCC[C@H]1C[C@H](O)c1cccs1. The van der Waals surface area contributed by atoms with Gasteiger partial charge >= 0.3 is 0 Å². The molecule has 2 aliphatic rings. The van der Waals surface area contributed by atoms with Gasteiger partial charge in [0, 0.05) is 23.4 Å². The molecule has 132 valence electrons. The Morgan fingerprint density at radius 3 is 2.84 bits per heavy atom. The summed E-state index contributed by atoms with van der Waals surface area (Å²) < 4.78 is 13.1. The summed E-state index contributed by atoms with van der Waals surface area (Å²) in [7, 11) is 0. The van der Waals surface area contributed by atoms with Crippen LogP contribution in [0, 0.1) is 11.7 Å². The molecule has 2 fully saturated rings. The first-order chi connectivity index (χ1) is 12.1. The van der Waals surface area contributed by atoms with Gasteiger partial charge in [-0.3, -0.25) is 4.79 Å². The van der Waals surface area contributed by atoms with Crippen molar-refractivity contribution in [3.8, 4) is 0 Å². The molecule has 1 amide bonds. The van der Waals surface area contributed by atoms with E-state index in [4.69, 9.17) is 0 Å². The number of hydrogen-bond acceptors (Lipinski definition) is 3. The van der Waals surface area contributed by atoms with Crippen molar-refractivity contribution >= 4 is 17.2 Å². The minimum Gasteiger partial charge on any atom is -0.387 e. The number of benzene rings is 1. The number of amides is 1. The molecule has 3 nitrogen and oxygen atoms in total. The number of halogens is 1. The van der Waals surface area contributed by atoms with Crippen LogP contribution in [0.3, 0.4) is 0 Å². The van der Waals surface area contributed by atoms with Crippen LogP contribution in [0.25, 0.3) is 0 Å². The van der Waals surface area contributed by atoms with Crippen LogP contribution >= 0.6 is 11.3 Å². The monoisotopic (exact) mass is 359 g/mol. The van der Waals surface area contributed by atoms with Gasteiger partial charge in [-0.05, 0) is 60.7 Å². The fourth-order valence-electron chi connectivity index (χ4n) is 3.98. The molecule has 1 aromatic carbocycles. The zero-order valence-electron chi connectivity index (χ0n) is 14.0.